The van der Waals surface area contributed by atoms with Gasteiger partial charge in [-0.1, -0.05) is 31.4 Å². The largest absolute Gasteiger partial charge is 0.508 e. The molecule has 3 amide bonds. The number of carbonyl (C=O) groups excluding carboxylic acids is 3. The summed E-state index contributed by atoms with van der Waals surface area (Å²) in [5.41, 5.74) is 0.597. The van der Waals surface area contributed by atoms with Crippen LogP contribution in [0.2, 0.25) is 0 Å². The highest BCUT2D eigenvalue weighted by molar-refractivity contribution is 7.10. The standard InChI is InChI=1S/C27H34N4O6S/c1-16(30(2)27(36)37)24(34)29-22(17-8-4-3-5-9-17)26(35)31-13-7-12-21(31)25-28-20(15-38-25)23(33)18-10-6-11-19(32)14-18/h6,10-11,14-17,21-22,32H,3-5,7-9,12-13H2,1-2H3,(H,29,34)(H,36,37)/t16-,21-,22-/m0/s1. The third-order valence-electron chi connectivity index (χ3n) is 7.63. The monoisotopic (exact) mass is 542 g/mol. The van der Waals surface area contributed by atoms with Gasteiger partial charge in [-0.05, 0) is 50.7 Å². The lowest BCUT2D eigenvalue weighted by Gasteiger charge is -2.35. The Balaban J connectivity index is 1.54. The first-order chi connectivity index (χ1) is 18.2. The third-order valence-corrected chi connectivity index (χ3v) is 8.58. The van der Waals surface area contributed by atoms with E-state index in [-0.39, 0.29) is 35.1 Å². The van der Waals surface area contributed by atoms with Crippen LogP contribution in [-0.2, 0) is 9.59 Å². The molecule has 2 heterocycles. The minimum absolute atomic E-state index is 0.00136. The molecule has 3 atom stereocenters. The van der Waals surface area contributed by atoms with E-state index in [1.807, 2.05) is 0 Å². The van der Waals surface area contributed by atoms with Crippen molar-refractivity contribution in [3.05, 3.63) is 45.9 Å². The number of likely N-dealkylation sites (N-methyl/N-ethyl adjacent to an activating group) is 1. The van der Waals surface area contributed by atoms with Crippen LogP contribution in [0.3, 0.4) is 0 Å². The molecule has 1 aromatic carbocycles. The molecule has 2 aromatic rings. The average Bonchev–Trinajstić information content (AvgIpc) is 3.60. The molecule has 0 radical (unpaired) electrons. The Morgan fingerprint density at radius 2 is 1.87 bits per heavy atom. The average molecular weight is 543 g/mol. The summed E-state index contributed by atoms with van der Waals surface area (Å²) in [4.78, 5) is 58.5. The van der Waals surface area contributed by atoms with Gasteiger partial charge in [-0.2, -0.15) is 0 Å². The van der Waals surface area contributed by atoms with Crippen LogP contribution in [0.1, 0.15) is 79.0 Å². The van der Waals surface area contributed by atoms with Gasteiger partial charge in [-0.25, -0.2) is 9.78 Å². The van der Waals surface area contributed by atoms with Crippen molar-refractivity contribution in [2.75, 3.05) is 13.6 Å². The minimum Gasteiger partial charge on any atom is -0.508 e. The van der Waals surface area contributed by atoms with E-state index in [4.69, 9.17) is 0 Å². The number of amides is 3. The van der Waals surface area contributed by atoms with E-state index in [0.717, 1.165) is 43.4 Å². The highest BCUT2D eigenvalue weighted by Gasteiger charge is 2.40. The highest BCUT2D eigenvalue weighted by Crippen LogP contribution is 2.36. The van der Waals surface area contributed by atoms with Crippen molar-refractivity contribution in [3.8, 4) is 5.75 Å². The molecule has 2 aliphatic rings. The quantitative estimate of drug-likeness (QED) is 0.431. The lowest BCUT2D eigenvalue weighted by Crippen LogP contribution is -2.56. The minimum atomic E-state index is -1.22. The normalized spacial score (nSPS) is 19.5. The molecule has 2 fully saturated rings. The molecule has 204 valence electrons. The molecule has 10 nitrogen and oxygen atoms in total. The maximum Gasteiger partial charge on any atom is 0.407 e. The predicted molar refractivity (Wildman–Crippen MR) is 141 cm³/mol. The van der Waals surface area contributed by atoms with Crippen LogP contribution in [-0.4, -0.2) is 74.4 Å². The van der Waals surface area contributed by atoms with E-state index in [1.165, 1.54) is 37.4 Å². The van der Waals surface area contributed by atoms with Gasteiger partial charge < -0.3 is 20.4 Å². The van der Waals surface area contributed by atoms with Gasteiger partial charge in [0, 0.05) is 24.5 Å². The summed E-state index contributed by atoms with van der Waals surface area (Å²) in [6.45, 7) is 2.02. The molecule has 1 aliphatic carbocycles. The molecule has 1 aromatic heterocycles. The zero-order valence-corrected chi connectivity index (χ0v) is 22.4. The van der Waals surface area contributed by atoms with Crippen LogP contribution in [0, 0.1) is 5.92 Å². The molecular weight excluding hydrogens is 508 g/mol. The van der Waals surface area contributed by atoms with E-state index >= 15 is 0 Å². The fourth-order valence-electron chi connectivity index (χ4n) is 5.27. The van der Waals surface area contributed by atoms with Crippen molar-refractivity contribution in [2.45, 2.75) is 70.0 Å². The zero-order valence-electron chi connectivity index (χ0n) is 21.6. The van der Waals surface area contributed by atoms with Gasteiger partial charge in [0.25, 0.3) is 0 Å². The molecular formula is C27H34N4O6S. The SMILES string of the molecule is C[C@@H](C(=O)N[C@H](C(=O)N1CCC[C@H]1c1nc(C(=O)c2cccc(O)c2)cs1)C1CCCCC1)N(C)C(=O)O. The van der Waals surface area contributed by atoms with Crippen LogP contribution in [0.25, 0.3) is 0 Å². The lowest BCUT2D eigenvalue weighted by atomic mass is 9.83. The van der Waals surface area contributed by atoms with Crippen molar-refractivity contribution < 1.29 is 29.4 Å². The fourth-order valence-corrected chi connectivity index (χ4v) is 6.22. The first kappa shape index (κ1) is 27.6. The number of hydrogen-bond donors (Lipinski definition) is 3. The summed E-state index contributed by atoms with van der Waals surface area (Å²) >= 11 is 1.32. The second kappa shape index (κ2) is 11.9. The Morgan fingerprint density at radius 1 is 1.13 bits per heavy atom. The lowest BCUT2D eigenvalue weighted by molar-refractivity contribution is -0.140. The summed E-state index contributed by atoms with van der Waals surface area (Å²) < 4.78 is 0. The van der Waals surface area contributed by atoms with Gasteiger partial charge in [0.2, 0.25) is 17.6 Å². The number of nitrogens with one attached hydrogen (secondary N) is 1. The number of thiazole rings is 1. The molecule has 1 saturated carbocycles. The van der Waals surface area contributed by atoms with Crippen LogP contribution >= 0.6 is 11.3 Å². The van der Waals surface area contributed by atoms with E-state index in [2.05, 4.69) is 10.3 Å². The number of ketones is 1. The molecule has 1 saturated heterocycles. The number of carbonyl (C=O) groups is 4. The summed E-state index contributed by atoms with van der Waals surface area (Å²) in [5.74, 6) is -1.01. The number of aromatic nitrogens is 1. The van der Waals surface area contributed by atoms with Crippen molar-refractivity contribution in [3.63, 3.8) is 0 Å². The molecule has 11 heteroatoms. The summed E-state index contributed by atoms with van der Waals surface area (Å²) in [6, 6.07) is 4.11. The molecule has 4 rings (SSSR count). The van der Waals surface area contributed by atoms with Crippen molar-refractivity contribution in [2.24, 2.45) is 5.92 Å². The zero-order chi connectivity index (χ0) is 27.4. The molecule has 38 heavy (non-hydrogen) atoms. The van der Waals surface area contributed by atoms with Gasteiger partial charge >= 0.3 is 6.09 Å². The molecule has 1 aliphatic heterocycles. The summed E-state index contributed by atoms with van der Waals surface area (Å²) in [6.07, 6.45) is 4.93. The Labute approximate surface area is 225 Å². The fraction of sp³-hybridized carbons (Fsp3) is 0.519. The van der Waals surface area contributed by atoms with Crippen LogP contribution in [0.15, 0.2) is 29.6 Å². The molecule has 0 bridgehead atoms. The number of hydrogen-bond acceptors (Lipinski definition) is 7. The van der Waals surface area contributed by atoms with E-state index < -0.39 is 24.1 Å². The number of benzene rings is 1. The number of rotatable bonds is 8. The maximum absolute atomic E-state index is 14.0. The maximum atomic E-state index is 14.0. The number of carboxylic acid groups (broad SMARTS) is 1. The second-order valence-electron chi connectivity index (χ2n) is 10.1. The molecule has 3 N–H and O–H groups in total. The smallest absolute Gasteiger partial charge is 0.407 e. The summed E-state index contributed by atoms with van der Waals surface area (Å²) in [5, 5.41) is 24.2. The molecule has 0 spiro atoms. The van der Waals surface area contributed by atoms with Gasteiger partial charge in [0.15, 0.2) is 0 Å². The van der Waals surface area contributed by atoms with Crippen molar-refractivity contribution in [1.29, 1.82) is 0 Å². The Hall–Kier alpha value is -3.47. The highest BCUT2D eigenvalue weighted by atomic mass is 32.1. The van der Waals surface area contributed by atoms with E-state index in [9.17, 15) is 29.4 Å². The first-order valence-electron chi connectivity index (χ1n) is 13.0. The van der Waals surface area contributed by atoms with Gasteiger partial charge in [-0.3, -0.25) is 19.3 Å². The number of phenolic OH excluding ortho intramolecular Hbond substituents is 1. The van der Waals surface area contributed by atoms with Crippen LogP contribution in [0.4, 0.5) is 4.79 Å². The first-order valence-corrected chi connectivity index (χ1v) is 13.9. The van der Waals surface area contributed by atoms with E-state index in [0.29, 0.717) is 23.5 Å². The van der Waals surface area contributed by atoms with Crippen molar-refractivity contribution in [1.82, 2.24) is 20.1 Å². The second-order valence-corrected chi connectivity index (χ2v) is 11.0. The number of phenols is 1. The molecule has 0 unspecified atom stereocenters. The summed E-state index contributed by atoms with van der Waals surface area (Å²) in [7, 11) is 1.33. The topological polar surface area (TPSA) is 140 Å². The van der Waals surface area contributed by atoms with Gasteiger partial charge in [0.1, 0.15) is 28.5 Å². The number of aromatic hydroxyl groups is 1. The third kappa shape index (κ3) is 5.98. The van der Waals surface area contributed by atoms with E-state index in [1.54, 1.807) is 22.4 Å². The Morgan fingerprint density at radius 3 is 2.55 bits per heavy atom. The van der Waals surface area contributed by atoms with Crippen LogP contribution in [0.5, 0.6) is 5.75 Å². The Kier molecular flexibility index (Phi) is 8.65. The van der Waals surface area contributed by atoms with Gasteiger partial charge in [-0.15, -0.1) is 11.3 Å². The predicted octanol–water partition coefficient (Wildman–Crippen LogP) is 3.81. The number of likely N-dealkylation sites (tertiary alicyclic amines) is 1. The Bertz CT molecular complexity index is 1190. The van der Waals surface area contributed by atoms with Crippen LogP contribution < -0.4 is 5.32 Å². The van der Waals surface area contributed by atoms with Gasteiger partial charge in [0.05, 0.1) is 6.04 Å². The van der Waals surface area contributed by atoms with Crippen molar-refractivity contribution >= 4 is 35.0 Å². The number of nitrogens with zero attached hydrogens (tertiary/aromatic N) is 3.